The highest BCUT2D eigenvalue weighted by Crippen LogP contribution is 2.36. The molecule has 0 bridgehead atoms. The van der Waals surface area contributed by atoms with Crippen molar-refractivity contribution in [1.29, 1.82) is 5.41 Å². The van der Waals surface area contributed by atoms with Gasteiger partial charge in [0.05, 0.1) is 11.1 Å². The second-order valence-electron chi connectivity index (χ2n) is 8.62. The fourth-order valence-electron chi connectivity index (χ4n) is 4.26. The molecule has 172 valence electrons. The van der Waals surface area contributed by atoms with Gasteiger partial charge >= 0.3 is 5.97 Å². The zero-order chi connectivity index (χ0) is 23.7. The Kier molecular flexibility index (Phi) is 6.15. The number of rotatable bonds is 4. The lowest BCUT2D eigenvalue weighted by Crippen LogP contribution is -2.35. The van der Waals surface area contributed by atoms with Crippen LogP contribution in [0.5, 0.6) is 5.75 Å². The summed E-state index contributed by atoms with van der Waals surface area (Å²) in [5.41, 5.74) is 2.35. The van der Waals surface area contributed by atoms with Crippen LogP contribution in [0.25, 0.3) is 6.08 Å². The Labute approximate surface area is 202 Å². The highest BCUT2D eigenvalue weighted by Gasteiger charge is 2.37. The van der Waals surface area contributed by atoms with Crippen molar-refractivity contribution in [3.8, 4) is 5.75 Å². The zero-order valence-electron chi connectivity index (χ0n) is 18.8. The summed E-state index contributed by atoms with van der Waals surface area (Å²) in [6, 6.07) is 14.0. The minimum absolute atomic E-state index is 0.0308. The molecule has 2 aromatic carbocycles. The molecule has 0 spiro atoms. The van der Waals surface area contributed by atoms with E-state index in [9.17, 15) is 9.59 Å². The SMILES string of the molecule is Cc1cccc(C(=O)Oc2ccc(/C=C3/C(=N)N4N=C(C5CCCCC5)SC4=NC3=O)cc2)c1. The van der Waals surface area contributed by atoms with Crippen LogP contribution in [0.3, 0.4) is 0 Å². The number of nitrogens with zero attached hydrogens (tertiary/aromatic N) is 3. The number of hydrogen-bond acceptors (Lipinski definition) is 6. The quantitative estimate of drug-likeness (QED) is 0.364. The molecule has 3 aliphatic rings. The molecule has 7 nitrogen and oxygen atoms in total. The van der Waals surface area contributed by atoms with Crippen LogP contribution in [0.2, 0.25) is 0 Å². The van der Waals surface area contributed by atoms with Crippen molar-refractivity contribution in [2.24, 2.45) is 16.0 Å². The van der Waals surface area contributed by atoms with E-state index in [4.69, 9.17) is 10.1 Å². The number of aliphatic imine (C=N–C) groups is 1. The van der Waals surface area contributed by atoms with Crippen molar-refractivity contribution in [3.05, 3.63) is 70.8 Å². The molecule has 2 aromatic rings. The number of benzene rings is 2. The van der Waals surface area contributed by atoms with Gasteiger partial charge in [-0.15, -0.1) is 0 Å². The van der Waals surface area contributed by atoms with Gasteiger partial charge in [-0.25, -0.2) is 4.79 Å². The van der Waals surface area contributed by atoms with E-state index >= 15 is 0 Å². The van der Waals surface area contributed by atoms with E-state index in [-0.39, 0.29) is 11.4 Å². The van der Waals surface area contributed by atoms with Gasteiger partial charge in [-0.1, -0.05) is 49.1 Å². The van der Waals surface area contributed by atoms with Gasteiger partial charge in [-0.2, -0.15) is 15.1 Å². The monoisotopic (exact) mass is 472 g/mol. The van der Waals surface area contributed by atoms with E-state index in [1.54, 1.807) is 42.5 Å². The summed E-state index contributed by atoms with van der Waals surface area (Å²) in [4.78, 5) is 29.2. The topological polar surface area (TPSA) is 95.2 Å². The molecule has 0 aromatic heterocycles. The Morgan fingerprint density at radius 2 is 1.91 bits per heavy atom. The van der Waals surface area contributed by atoms with Gasteiger partial charge in [0.15, 0.2) is 5.84 Å². The summed E-state index contributed by atoms with van der Waals surface area (Å²) in [6.07, 6.45) is 7.44. The predicted octanol–water partition coefficient (Wildman–Crippen LogP) is 5.41. The smallest absolute Gasteiger partial charge is 0.343 e. The predicted molar refractivity (Wildman–Crippen MR) is 134 cm³/mol. The molecule has 8 heteroatoms. The Balaban J connectivity index is 1.31. The van der Waals surface area contributed by atoms with Gasteiger partial charge in [0, 0.05) is 5.92 Å². The summed E-state index contributed by atoms with van der Waals surface area (Å²) < 4.78 is 5.45. The first-order chi connectivity index (χ1) is 16.5. The van der Waals surface area contributed by atoms with Crippen LogP contribution >= 0.6 is 11.8 Å². The first-order valence-corrected chi connectivity index (χ1v) is 12.2. The van der Waals surface area contributed by atoms with Gasteiger partial charge in [0.25, 0.3) is 5.91 Å². The molecule has 0 radical (unpaired) electrons. The van der Waals surface area contributed by atoms with Crippen LogP contribution in [0, 0.1) is 18.3 Å². The Morgan fingerprint density at radius 1 is 1.15 bits per heavy atom. The molecule has 1 N–H and O–H groups in total. The zero-order valence-corrected chi connectivity index (χ0v) is 19.6. The number of ether oxygens (including phenoxy) is 1. The Hall–Kier alpha value is -3.52. The normalized spacial score (nSPS) is 19.7. The fourth-order valence-corrected chi connectivity index (χ4v) is 5.32. The molecule has 1 aliphatic carbocycles. The minimum Gasteiger partial charge on any atom is -0.423 e. The molecule has 0 atom stereocenters. The number of carbonyl (C=O) groups is 2. The number of esters is 1. The van der Waals surface area contributed by atoms with Crippen molar-refractivity contribution >= 4 is 45.8 Å². The average Bonchev–Trinajstić information content (AvgIpc) is 3.27. The van der Waals surface area contributed by atoms with Gasteiger partial charge in [0.2, 0.25) is 5.17 Å². The summed E-state index contributed by atoms with van der Waals surface area (Å²) in [7, 11) is 0. The van der Waals surface area contributed by atoms with E-state index in [1.165, 1.54) is 36.0 Å². The maximum Gasteiger partial charge on any atom is 0.343 e. The number of hydrazone groups is 1. The highest BCUT2D eigenvalue weighted by atomic mass is 32.2. The van der Waals surface area contributed by atoms with E-state index < -0.39 is 11.9 Å². The number of carbonyl (C=O) groups excluding carboxylic acids is 2. The number of aryl methyl sites for hydroxylation is 1. The Bertz CT molecular complexity index is 1260. The molecule has 34 heavy (non-hydrogen) atoms. The van der Waals surface area contributed by atoms with Crippen LogP contribution in [0.4, 0.5) is 0 Å². The molecule has 0 unspecified atom stereocenters. The van der Waals surface area contributed by atoms with Gasteiger partial charge in [-0.3, -0.25) is 10.2 Å². The van der Waals surface area contributed by atoms with Crippen LogP contribution in [-0.2, 0) is 4.79 Å². The lowest BCUT2D eigenvalue weighted by Gasteiger charge is -2.20. The lowest BCUT2D eigenvalue weighted by atomic mass is 9.90. The summed E-state index contributed by atoms with van der Waals surface area (Å²) >= 11 is 1.41. The van der Waals surface area contributed by atoms with Gasteiger partial charge < -0.3 is 4.74 Å². The third-order valence-corrected chi connectivity index (χ3v) is 7.15. The number of nitrogens with one attached hydrogen (secondary N) is 1. The molecule has 1 amide bonds. The first kappa shape index (κ1) is 22.3. The third-order valence-electron chi connectivity index (χ3n) is 6.08. The summed E-state index contributed by atoms with van der Waals surface area (Å²) in [6.45, 7) is 1.92. The van der Waals surface area contributed by atoms with Crippen molar-refractivity contribution in [2.45, 2.75) is 39.0 Å². The molecule has 1 saturated carbocycles. The molecule has 2 heterocycles. The van der Waals surface area contributed by atoms with Crippen molar-refractivity contribution in [1.82, 2.24) is 5.01 Å². The summed E-state index contributed by atoms with van der Waals surface area (Å²) in [5, 5.41) is 16.1. The maximum absolute atomic E-state index is 12.7. The van der Waals surface area contributed by atoms with Crippen LogP contribution in [-0.4, -0.2) is 32.9 Å². The van der Waals surface area contributed by atoms with Gasteiger partial charge in [0.1, 0.15) is 10.8 Å². The highest BCUT2D eigenvalue weighted by molar-refractivity contribution is 8.27. The van der Waals surface area contributed by atoms with Crippen molar-refractivity contribution in [3.63, 3.8) is 0 Å². The van der Waals surface area contributed by atoms with Crippen molar-refractivity contribution < 1.29 is 14.3 Å². The van der Waals surface area contributed by atoms with E-state index in [2.05, 4.69) is 10.1 Å². The first-order valence-electron chi connectivity index (χ1n) is 11.4. The second-order valence-corrected chi connectivity index (χ2v) is 9.61. The van der Waals surface area contributed by atoms with Gasteiger partial charge in [-0.05, 0) is 67.4 Å². The number of thioether (sulfide) groups is 1. The molecule has 0 saturated heterocycles. The van der Waals surface area contributed by atoms with Crippen LogP contribution < -0.4 is 4.74 Å². The summed E-state index contributed by atoms with van der Waals surface area (Å²) in [5.74, 6) is -0.0600. The maximum atomic E-state index is 12.7. The number of hydrogen-bond donors (Lipinski definition) is 1. The van der Waals surface area contributed by atoms with Crippen LogP contribution in [0.1, 0.15) is 53.6 Å². The largest absolute Gasteiger partial charge is 0.423 e. The third kappa shape index (κ3) is 4.59. The number of fused-ring (bicyclic) bond motifs is 1. The van der Waals surface area contributed by atoms with E-state index in [0.29, 0.717) is 28.0 Å². The van der Waals surface area contributed by atoms with Crippen LogP contribution in [0.15, 0.2) is 64.2 Å². The fraction of sp³-hybridized carbons (Fsp3) is 0.269. The minimum atomic E-state index is -0.446. The Morgan fingerprint density at radius 3 is 2.65 bits per heavy atom. The second kappa shape index (κ2) is 9.38. The van der Waals surface area contributed by atoms with E-state index in [1.807, 2.05) is 19.1 Å². The number of amides is 1. The standard InChI is InChI=1S/C26H24N4O3S/c1-16-6-5-9-19(14-16)25(32)33-20-12-10-17(11-13-20)15-21-22(27)30-26(28-23(21)31)34-24(29-30)18-7-3-2-4-8-18/h5-6,9-15,18,27H,2-4,7-8H2,1H3/b21-15-,27-22?. The number of amidine groups is 2. The molecular formula is C26H24N4O3S. The molecule has 2 aliphatic heterocycles. The molecular weight excluding hydrogens is 448 g/mol. The van der Waals surface area contributed by atoms with Crippen molar-refractivity contribution in [2.75, 3.05) is 0 Å². The average molecular weight is 473 g/mol. The van der Waals surface area contributed by atoms with E-state index in [0.717, 1.165) is 23.4 Å². The molecule has 5 rings (SSSR count). The molecule has 1 fully saturated rings. The lowest BCUT2D eigenvalue weighted by molar-refractivity contribution is -0.114.